The van der Waals surface area contributed by atoms with E-state index in [2.05, 4.69) is 56.5 Å². The van der Waals surface area contributed by atoms with Crippen LogP contribution < -0.4 is 0 Å². The van der Waals surface area contributed by atoms with Gasteiger partial charge in [0, 0.05) is 50.2 Å². The van der Waals surface area contributed by atoms with E-state index in [1.165, 1.54) is 63.5 Å². The van der Waals surface area contributed by atoms with E-state index in [4.69, 9.17) is 9.72 Å². The molecule has 1 aliphatic rings. The number of para-hydroxylation sites is 1. The molecule has 4 aromatic rings. The number of fused-ring (bicyclic) bond motifs is 4. The number of benzene rings is 1. The Morgan fingerprint density at radius 2 is 1.89 bits per heavy atom. The van der Waals surface area contributed by atoms with Gasteiger partial charge in [0.2, 0.25) is 0 Å². The van der Waals surface area contributed by atoms with Crippen LogP contribution in [0.4, 0.5) is 0 Å². The number of hydrogen-bond acceptors (Lipinski definition) is 4. The highest BCUT2D eigenvalue weighted by Gasteiger charge is 2.32. The molecule has 5 heteroatoms. The van der Waals surface area contributed by atoms with Crippen molar-refractivity contribution in [2.24, 2.45) is 0 Å². The number of carbonyl (C=O) groups is 1. The van der Waals surface area contributed by atoms with Crippen molar-refractivity contribution in [1.29, 1.82) is 0 Å². The van der Waals surface area contributed by atoms with Gasteiger partial charge in [-0.25, -0.2) is 4.98 Å². The number of nitrogens with zero attached hydrogens (tertiary/aromatic N) is 2. The molecule has 3 heterocycles. The Labute approximate surface area is 212 Å². The SMILES string of the molecule is CCCC(C(=O)OC)c1c(C)nc2sc3c(c2c1-c1c(C)n(CCC)c2ccccc12)CCCC3. The lowest BCUT2D eigenvalue weighted by Crippen LogP contribution is -2.17. The number of hydrogen-bond donors (Lipinski definition) is 0. The lowest BCUT2D eigenvalue weighted by Gasteiger charge is -2.23. The molecule has 0 N–H and O–H groups in total. The normalized spacial score (nSPS) is 14.4. The second-order valence-corrected chi connectivity index (χ2v) is 11.0. The van der Waals surface area contributed by atoms with Crippen LogP contribution in [0.15, 0.2) is 24.3 Å². The first-order valence-electron chi connectivity index (χ1n) is 13.1. The van der Waals surface area contributed by atoms with Crippen molar-refractivity contribution in [3.8, 4) is 11.1 Å². The molecule has 0 bridgehead atoms. The molecule has 1 aromatic carbocycles. The van der Waals surface area contributed by atoms with Crippen molar-refractivity contribution in [2.75, 3.05) is 7.11 Å². The quantitative estimate of drug-likeness (QED) is 0.249. The van der Waals surface area contributed by atoms with Gasteiger partial charge in [0.1, 0.15) is 4.83 Å². The average Bonchev–Trinajstić information content (AvgIpc) is 3.36. The molecule has 0 fully saturated rings. The van der Waals surface area contributed by atoms with E-state index in [1.807, 2.05) is 11.3 Å². The molecule has 1 atom stereocenters. The summed E-state index contributed by atoms with van der Waals surface area (Å²) in [6.07, 6.45) is 7.43. The van der Waals surface area contributed by atoms with E-state index in [-0.39, 0.29) is 11.9 Å². The van der Waals surface area contributed by atoms with Crippen LogP contribution in [0, 0.1) is 13.8 Å². The van der Waals surface area contributed by atoms with Crippen LogP contribution in [-0.4, -0.2) is 22.6 Å². The van der Waals surface area contributed by atoms with E-state index in [0.717, 1.165) is 54.7 Å². The molecule has 0 amide bonds. The summed E-state index contributed by atoms with van der Waals surface area (Å²) < 4.78 is 7.82. The van der Waals surface area contributed by atoms with Gasteiger partial charge in [-0.2, -0.15) is 0 Å². The average molecular weight is 489 g/mol. The molecule has 0 saturated carbocycles. The van der Waals surface area contributed by atoms with Crippen LogP contribution in [0.5, 0.6) is 0 Å². The molecule has 4 nitrogen and oxygen atoms in total. The van der Waals surface area contributed by atoms with Crippen molar-refractivity contribution in [2.45, 2.75) is 85.1 Å². The Morgan fingerprint density at radius 3 is 2.63 bits per heavy atom. The standard InChI is InChI=1S/C30H36N2O2S/c1-6-12-22(30(33)34-5)25-18(3)31-29-27(21-14-9-11-16-24(21)35-29)28(25)26-19(4)32(17-7-2)23-15-10-8-13-20(23)26/h8,10,13,15,22H,6-7,9,11-12,14,16-17H2,1-5H3. The van der Waals surface area contributed by atoms with Gasteiger partial charge in [0.15, 0.2) is 0 Å². The fourth-order valence-electron chi connectivity index (χ4n) is 6.17. The minimum absolute atomic E-state index is 0.156. The van der Waals surface area contributed by atoms with Gasteiger partial charge in [-0.3, -0.25) is 4.79 Å². The van der Waals surface area contributed by atoms with Crippen LogP contribution >= 0.6 is 11.3 Å². The summed E-state index contributed by atoms with van der Waals surface area (Å²) in [7, 11) is 1.51. The van der Waals surface area contributed by atoms with Gasteiger partial charge in [-0.05, 0) is 69.6 Å². The third-order valence-corrected chi connectivity index (χ3v) is 8.86. The number of ether oxygens (including phenoxy) is 1. The summed E-state index contributed by atoms with van der Waals surface area (Å²) in [6, 6.07) is 8.76. The summed E-state index contributed by atoms with van der Waals surface area (Å²) >= 11 is 1.86. The number of methoxy groups -OCH3 is 1. The molecular formula is C30H36N2O2S. The van der Waals surface area contributed by atoms with Crippen LogP contribution in [0.1, 0.15) is 79.3 Å². The van der Waals surface area contributed by atoms with Crippen molar-refractivity contribution in [1.82, 2.24) is 9.55 Å². The van der Waals surface area contributed by atoms with Crippen LogP contribution in [0.25, 0.3) is 32.2 Å². The number of carbonyl (C=O) groups excluding carboxylic acids is 1. The minimum Gasteiger partial charge on any atom is -0.469 e. The first-order valence-corrected chi connectivity index (χ1v) is 13.9. The zero-order valence-corrected chi connectivity index (χ0v) is 22.5. The van der Waals surface area contributed by atoms with Crippen LogP contribution in [-0.2, 0) is 28.9 Å². The maximum absolute atomic E-state index is 13.2. The van der Waals surface area contributed by atoms with E-state index >= 15 is 0 Å². The second kappa shape index (κ2) is 9.77. The Bertz CT molecular complexity index is 1410. The van der Waals surface area contributed by atoms with Gasteiger partial charge in [0.25, 0.3) is 0 Å². The third-order valence-electron chi connectivity index (χ3n) is 7.67. The third kappa shape index (κ3) is 3.88. The highest BCUT2D eigenvalue weighted by Crippen LogP contribution is 2.48. The Morgan fingerprint density at radius 1 is 1.11 bits per heavy atom. The molecule has 1 unspecified atom stereocenters. The summed E-state index contributed by atoms with van der Waals surface area (Å²) in [5.41, 5.74) is 8.55. The van der Waals surface area contributed by atoms with Gasteiger partial charge in [-0.1, -0.05) is 38.5 Å². The molecular weight excluding hydrogens is 452 g/mol. The monoisotopic (exact) mass is 488 g/mol. The predicted molar refractivity (Wildman–Crippen MR) is 147 cm³/mol. The molecule has 184 valence electrons. The minimum atomic E-state index is -0.316. The number of esters is 1. The van der Waals surface area contributed by atoms with Crippen molar-refractivity contribution in [3.63, 3.8) is 0 Å². The largest absolute Gasteiger partial charge is 0.469 e. The molecule has 0 radical (unpaired) electrons. The lowest BCUT2D eigenvalue weighted by atomic mass is 9.82. The maximum Gasteiger partial charge on any atom is 0.313 e. The molecule has 3 aromatic heterocycles. The maximum atomic E-state index is 13.2. The van der Waals surface area contributed by atoms with Crippen molar-refractivity contribution < 1.29 is 9.53 Å². The van der Waals surface area contributed by atoms with Crippen molar-refractivity contribution in [3.05, 3.63) is 51.7 Å². The van der Waals surface area contributed by atoms with Gasteiger partial charge < -0.3 is 9.30 Å². The molecule has 35 heavy (non-hydrogen) atoms. The number of aryl methyl sites for hydroxylation is 4. The molecule has 5 rings (SSSR count). The Balaban J connectivity index is 1.96. The second-order valence-electron chi connectivity index (χ2n) is 9.87. The summed E-state index contributed by atoms with van der Waals surface area (Å²) in [4.78, 5) is 21.0. The lowest BCUT2D eigenvalue weighted by molar-refractivity contribution is -0.142. The van der Waals surface area contributed by atoms with E-state index in [9.17, 15) is 4.79 Å². The topological polar surface area (TPSA) is 44.1 Å². The van der Waals surface area contributed by atoms with Crippen LogP contribution in [0.3, 0.4) is 0 Å². The predicted octanol–water partition coefficient (Wildman–Crippen LogP) is 7.88. The van der Waals surface area contributed by atoms with Gasteiger partial charge in [0.05, 0.1) is 13.0 Å². The Kier molecular flexibility index (Phi) is 6.71. The molecule has 1 aliphatic carbocycles. The smallest absolute Gasteiger partial charge is 0.313 e. The van der Waals surface area contributed by atoms with E-state index in [1.54, 1.807) is 0 Å². The van der Waals surface area contributed by atoms with Crippen molar-refractivity contribution >= 4 is 38.4 Å². The number of rotatable bonds is 7. The zero-order chi connectivity index (χ0) is 24.7. The molecule has 0 aliphatic heterocycles. The molecule has 0 spiro atoms. The number of pyridine rings is 1. The highest BCUT2D eigenvalue weighted by atomic mass is 32.1. The van der Waals surface area contributed by atoms with Gasteiger partial charge >= 0.3 is 5.97 Å². The van der Waals surface area contributed by atoms with Crippen LogP contribution in [0.2, 0.25) is 0 Å². The first-order chi connectivity index (χ1) is 17.0. The first kappa shape index (κ1) is 24.1. The zero-order valence-electron chi connectivity index (χ0n) is 21.7. The summed E-state index contributed by atoms with van der Waals surface area (Å²) in [5, 5.41) is 2.56. The van der Waals surface area contributed by atoms with E-state index in [0.29, 0.717) is 0 Å². The fraction of sp³-hybridized carbons (Fsp3) is 0.467. The summed E-state index contributed by atoms with van der Waals surface area (Å²) in [5.74, 6) is -0.472. The molecule has 0 saturated heterocycles. The van der Waals surface area contributed by atoms with E-state index < -0.39 is 0 Å². The summed E-state index contributed by atoms with van der Waals surface area (Å²) in [6.45, 7) is 9.69. The Hall–Kier alpha value is -2.66. The number of aromatic nitrogens is 2. The fourth-order valence-corrected chi connectivity index (χ4v) is 7.49. The number of thiophene rings is 1. The van der Waals surface area contributed by atoms with Gasteiger partial charge in [-0.15, -0.1) is 11.3 Å². The highest BCUT2D eigenvalue weighted by molar-refractivity contribution is 7.19.